The van der Waals surface area contributed by atoms with Crippen LogP contribution in [0.1, 0.15) is 24.2 Å². The molecule has 0 spiro atoms. The number of nitrogens with one attached hydrogen (secondary N) is 1. The molecule has 0 saturated heterocycles. The van der Waals surface area contributed by atoms with Gasteiger partial charge < -0.3 is 10.1 Å². The summed E-state index contributed by atoms with van der Waals surface area (Å²) < 4.78 is 5.49. The van der Waals surface area contributed by atoms with Gasteiger partial charge in [0.2, 0.25) is 0 Å². The number of hydrogen-bond donors (Lipinski definition) is 1. The maximum absolute atomic E-state index is 11.7. The van der Waals surface area contributed by atoms with Crippen LogP contribution in [0.2, 0.25) is 0 Å². The molecule has 1 atom stereocenters. The molecule has 1 N–H and O–H groups in total. The zero-order valence-electron chi connectivity index (χ0n) is 8.82. The molecule has 1 heterocycles. The zero-order valence-corrected chi connectivity index (χ0v) is 8.82. The van der Waals surface area contributed by atoms with Crippen LogP contribution in [0, 0.1) is 0 Å². The topological polar surface area (TPSA) is 38.3 Å². The molecule has 1 aliphatic rings. The van der Waals surface area contributed by atoms with Crippen LogP contribution in [0.3, 0.4) is 0 Å². The molecule has 3 heteroatoms. The van der Waals surface area contributed by atoms with E-state index in [9.17, 15) is 4.79 Å². The van der Waals surface area contributed by atoms with E-state index in [1.807, 2.05) is 25.1 Å². The Hall–Kier alpha value is -1.35. The first kappa shape index (κ1) is 10.2. The summed E-state index contributed by atoms with van der Waals surface area (Å²) in [5, 5.41) is 2.86. The second-order valence-electron chi connectivity index (χ2n) is 3.58. The molecule has 1 aromatic rings. The molecule has 80 valence electrons. The number of rotatable bonds is 2. The first-order valence-corrected chi connectivity index (χ1v) is 5.30. The van der Waals surface area contributed by atoms with Gasteiger partial charge in [0.15, 0.2) is 6.10 Å². The number of benzene rings is 1. The third-order valence-corrected chi connectivity index (χ3v) is 2.60. The Kier molecular flexibility index (Phi) is 3.02. The number of carbonyl (C=O) groups is 1. The normalized spacial score (nSPS) is 20.3. The lowest BCUT2D eigenvalue weighted by Gasteiger charge is -2.15. The Labute approximate surface area is 89.4 Å². The Balaban J connectivity index is 2.38. The molecule has 0 aromatic heterocycles. The Morgan fingerprint density at radius 1 is 1.47 bits per heavy atom. The summed E-state index contributed by atoms with van der Waals surface area (Å²) in [4.78, 5) is 11.7. The molecule has 15 heavy (non-hydrogen) atoms. The highest BCUT2D eigenvalue weighted by atomic mass is 16.5. The number of fused-ring (bicyclic) bond motifs is 1. The molecule has 0 bridgehead atoms. The average Bonchev–Trinajstić information content (AvgIpc) is 2.40. The van der Waals surface area contributed by atoms with Crippen molar-refractivity contribution in [3.63, 3.8) is 0 Å². The lowest BCUT2D eigenvalue weighted by molar-refractivity contribution is -0.132. The standard InChI is InChI=1S/C12H15NO2/c1-2-15-11-10-6-4-3-5-9(10)7-8-13-12(11)14/h3-6,11H,2,7-8H2,1H3,(H,13,14). The molecule has 1 aromatic carbocycles. The molecule has 1 unspecified atom stereocenters. The molecule has 1 amide bonds. The summed E-state index contributed by atoms with van der Waals surface area (Å²) in [7, 11) is 0. The largest absolute Gasteiger partial charge is 0.364 e. The molecular formula is C12H15NO2. The number of carbonyl (C=O) groups excluding carboxylic acids is 1. The molecule has 0 radical (unpaired) electrons. The van der Waals surface area contributed by atoms with Crippen LogP contribution in [0.15, 0.2) is 24.3 Å². The van der Waals surface area contributed by atoms with E-state index in [0.29, 0.717) is 13.2 Å². The van der Waals surface area contributed by atoms with E-state index in [-0.39, 0.29) is 5.91 Å². The average molecular weight is 205 g/mol. The van der Waals surface area contributed by atoms with Crippen molar-refractivity contribution in [2.75, 3.05) is 13.2 Å². The summed E-state index contributed by atoms with van der Waals surface area (Å²) in [6.45, 7) is 3.15. The van der Waals surface area contributed by atoms with Crippen molar-refractivity contribution >= 4 is 5.91 Å². The first-order chi connectivity index (χ1) is 7.33. The van der Waals surface area contributed by atoms with E-state index in [2.05, 4.69) is 11.4 Å². The zero-order chi connectivity index (χ0) is 10.7. The lowest BCUT2D eigenvalue weighted by Crippen LogP contribution is -2.29. The fourth-order valence-electron chi connectivity index (χ4n) is 1.90. The smallest absolute Gasteiger partial charge is 0.253 e. The molecule has 0 saturated carbocycles. The van der Waals surface area contributed by atoms with Crippen LogP contribution in [0.4, 0.5) is 0 Å². The minimum atomic E-state index is -0.436. The van der Waals surface area contributed by atoms with Crippen LogP contribution in [-0.4, -0.2) is 19.1 Å². The van der Waals surface area contributed by atoms with Crippen LogP contribution in [0.25, 0.3) is 0 Å². The summed E-state index contributed by atoms with van der Waals surface area (Å²) in [5.41, 5.74) is 2.21. The van der Waals surface area contributed by atoms with Gasteiger partial charge in [0.1, 0.15) is 0 Å². The third-order valence-electron chi connectivity index (χ3n) is 2.60. The number of hydrogen-bond acceptors (Lipinski definition) is 2. The van der Waals surface area contributed by atoms with Gasteiger partial charge in [0.05, 0.1) is 0 Å². The van der Waals surface area contributed by atoms with Gasteiger partial charge in [-0.1, -0.05) is 24.3 Å². The summed E-state index contributed by atoms with van der Waals surface area (Å²) in [6, 6.07) is 7.98. The van der Waals surface area contributed by atoms with Crippen molar-refractivity contribution in [3.8, 4) is 0 Å². The molecular weight excluding hydrogens is 190 g/mol. The van der Waals surface area contributed by atoms with Gasteiger partial charge in [-0.15, -0.1) is 0 Å². The Morgan fingerprint density at radius 3 is 3.07 bits per heavy atom. The van der Waals surface area contributed by atoms with Crippen molar-refractivity contribution in [1.82, 2.24) is 5.32 Å². The van der Waals surface area contributed by atoms with E-state index < -0.39 is 6.10 Å². The predicted molar refractivity (Wildman–Crippen MR) is 57.5 cm³/mol. The maximum Gasteiger partial charge on any atom is 0.253 e. The highest BCUT2D eigenvalue weighted by Crippen LogP contribution is 2.24. The molecule has 2 rings (SSSR count). The first-order valence-electron chi connectivity index (χ1n) is 5.30. The predicted octanol–water partition coefficient (Wildman–Crippen LogP) is 1.44. The van der Waals surface area contributed by atoms with Gasteiger partial charge in [-0.2, -0.15) is 0 Å². The van der Waals surface area contributed by atoms with Crippen molar-refractivity contribution in [1.29, 1.82) is 0 Å². The minimum Gasteiger partial charge on any atom is -0.364 e. The van der Waals surface area contributed by atoms with Crippen LogP contribution < -0.4 is 5.32 Å². The molecule has 3 nitrogen and oxygen atoms in total. The van der Waals surface area contributed by atoms with E-state index >= 15 is 0 Å². The van der Waals surface area contributed by atoms with Crippen molar-refractivity contribution in [3.05, 3.63) is 35.4 Å². The summed E-state index contributed by atoms with van der Waals surface area (Å²) in [5.74, 6) is -0.0261. The second-order valence-corrected chi connectivity index (χ2v) is 3.58. The van der Waals surface area contributed by atoms with Gasteiger partial charge in [-0.3, -0.25) is 4.79 Å². The third kappa shape index (κ3) is 2.02. The van der Waals surface area contributed by atoms with Crippen LogP contribution >= 0.6 is 0 Å². The van der Waals surface area contributed by atoms with Crippen molar-refractivity contribution in [2.24, 2.45) is 0 Å². The maximum atomic E-state index is 11.7. The van der Waals surface area contributed by atoms with Crippen LogP contribution in [0.5, 0.6) is 0 Å². The lowest BCUT2D eigenvalue weighted by atomic mass is 10.0. The Morgan fingerprint density at radius 2 is 2.27 bits per heavy atom. The SMILES string of the molecule is CCOC1C(=O)NCCc2ccccc21. The van der Waals surface area contributed by atoms with Gasteiger partial charge >= 0.3 is 0 Å². The van der Waals surface area contributed by atoms with Crippen molar-refractivity contribution in [2.45, 2.75) is 19.4 Å². The van der Waals surface area contributed by atoms with E-state index in [0.717, 1.165) is 12.0 Å². The number of amides is 1. The molecule has 0 aliphatic carbocycles. The van der Waals surface area contributed by atoms with Gasteiger partial charge in [-0.25, -0.2) is 0 Å². The second kappa shape index (κ2) is 4.45. The van der Waals surface area contributed by atoms with Gasteiger partial charge in [-0.05, 0) is 24.5 Å². The fourth-order valence-corrected chi connectivity index (χ4v) is 1.90. The monoisotopic (exact) mass is 205 g/mol. The molecule has 1 aliphatic heterocycles. The van der Waals surface area contributed by atoms with Crippen LogP contribution in [-0.2, 0) is 16.0 Å². The molecule has 0 fully saturated rings. The van der Waals surface area contributed by atoms with E-state index in [1.54, 1.807) is 0 Å². The Bertz CT molecular complexity index is 362. The van der Waals surface area contributed by atoms with E-state index in [1.165, 1.54) is 5.56 Å². The van der Waals surface area contributed by atoms with Gasteiger partial charge in [0, 0.05) is 13.2 Å². The van der Waals surface area contributed by atoms with Crippen molar-refractivity contribution < 1.29 is 9.53 Å². The summed E-state index contributed by atoms with van der Waals surface area (Å²) in [6.07, 6.45) is 0.444. The highest BCUT2D eigenvalue weighted by molar-refractivity contribution is 5.83. The fraction of sp³-hybridized carbons (Fsp3) is 0.417. The summed E-state index contributed by atoms with van der Waals surface area (Å²) >= 11 is 0. The number of ether oxygens (including phenoxy) is 1. The quantitative estimate of drug-likeness (QED) is 0.793. The minimum absolute atomic E-state index is 0.0261. The van der Waals surface area contributed by atoms with Gasteiger partial charge in [0.25, 0.3) is 5.91 Å². The van der Waals surface area contributed by atoms with E-state index in [4.69, 9.17) is 4.74 Å². The highest BCUT2D eigenvalue weighted by Gasteiger charge is 2.25.